The number of nitrogens with one attached hydrogen (secondary N) is 1. The number of carbonyl (C=O) groups is 3. The van der Waals surface area contributed by atoms with Gasteiger partial charge in [0.1, 0.15) is 5.54 Å². The van der Waals surface area contributed by atoms with E-state index in [0.29, 0.717) is 25.4 Å². The fourth-order valence-corrected chi connectivity index (χ4v) is 5.00. The van der Waals surface area contributed by atoms with Crippen LogP contribution in [0.5, 0.6) is 0 Å². The second-order valence-electron chi connectivity index (χ2n) is 8.91. The third-order valence-corrected chi connectivity index (χ3v) is 6.98. The first-order chi connectivity index (χ1) is 13.3. The van der Waals surface area contributed by atoms with Gasteiger partial charge < -0.3 is 15.1 Å². The molecule has 0 aromatic rings. The van der Waals surface area contributed by atoms with Crippen molar-refractivity contribution < 1.29 is 14.4 Å². The lowest BCUT2D eigenvalue weighted by molar-refractivity contribution is -0.141. The standard InChI is InChI=1S/C21H36N4O3/c1-5-16(6-2)18(26)24-11-7-8-17(14-24)25-19(27)21(22-20(25)28)9-12-23(13-10-21)15(3)4/h15-17H,5-14H2,1-4H3,(H,22,28)/t17-/m1/s1. The van der Waals surface area contributed by atoms with E-state index < -0.39 is 5.54 Å². The first kappa shape index (κ1) is 21.1. The number of imide groups is 1. The summed E-state index contributed by atoms with van der Waals surface area (Å²) in [6, 6.07) is -0.0319. The first-order valence-corrected chi connectivity index (χ1v) is 11.0. The van der Waals surface area contributed by atoms with Crippen LogP contribution in [0.4, 0.5) is 4.79 Å². The Kier molecular flexibility index (Phi) is 6.32. The maximum atomic E-state index is 13.3. The van der Waals surface area contributed by atoms with Crippen LogP contribution in [0.25, 0.3) is 0 Å². The van der Waals surface area contributed by atoms with Crippen molar-refractivity contribution in [2.24, 2.45) is 5.92 Å². The minimum Gasteiger partial charge on any atom is -0.340 e. The van der Waals surface area contributed by atoms with Crippen LogP contribution in [0.3, 0.4) is 0 Å². The summed E-state index contributed by atoms with van der Waals surface area (Å²) in [6.07, 6.45) is 4.59. The number of hydrogen-bond donors (Lipinski definition) is 1. The molecule has 3 rings (SSSR count). The molecule has 4 amide bonds. The van der Waals surface area contributed by atoms with E-state index in [9.17, 15) is 14.4 Å². The Hall–Kier alpha value is -1.63. The quantitative estimate of drug-likeness (QED) is 0.728. The SMILES string of the molecule is CCC(CC)C(=O)N1CCC[C@@H](N2C(=O)NC3(CCN(C(C)C)CC3)C2=O)C1. The molecule has 1 atom stereocenters. The van der Waals surface area contributed by atoms with Crippen molar-refractivity contribution in [3.05, 3.63) is 0 Å². The molecule has 7 nitrogen and oxygen atoms in total. The van der Waals surface area contributed by atoms with E-state index in [1.807, 2.05) is 18.7 Å². The van der Waals surface area contributed by atoms with Crippen molar-refractivity contribution in [2.75, 3.05) is 26.2 Å². The molecule has 0 radical (unpaired) electrons. The van der Waals surface area contributed by atoms with Crippen LogP contribution in [0.1, 0.15) is 66.2 Å². The van der Waals surface area contributed by atoms with Gasteiger partial charge in [-0.05, 0) is 52.4 Å². The van der Waals surface area contributed by atoms with Crippen LogP contribution in [0.2, 0.25) is 0 Å². The molecule has 1 spiro atoms. The van der Waals surface area contributed by atoms with Crippen molar-refractivity contribution in [3.8, 4) is 0 Å². The highest BCUT2D eigenvalue weighted by molar-refractivity contribution is 6.07. The molecule has 3 heterocycles. The molecule has 3 aliphatic heterocycles. The second-order valence-corrected chi connectivity index (χ2v) is 8.91. The molecule has 1 N–H and O–H groups in total. The Morgan fingerprint density at radius 2 is 1.79 bits per heavy atom. The number of urea groups is 1. The minimum atomic E-state index is -0.746. The summed E-state index contributed by atoms with van der Waals surface area (Å²) in [5, 5.41) is 3.02. The maximum Gasteiger partial charge on any atom is 0.325 e. The van der Waals surface area contributed by atoms with Crippen LogP contribution in [0, 0.1) is 5.92 Å². The van der Waals surface area contributed by atoms with Gasteiger partial charge in [-0.3, -0.25) is 14.5 Å². The molecule has 0 aromatic carbocycles. The average Bonchev–Trinajstić information content (AvgIpc) is 2.92. The highest BCUT2D eigenvalue weighted by Gasteiger charge is 2.54. The van der Waals surface area contributed by atoms with Crippen LogP contribution in [0.15, 0.2) is 0 Å². The van der Waals surface area contributed by atoms with Crippen molar-refractivity contribution in [1.29, 1.82) is 0 Å². The van der Waals surface area contributed by atoms with Gasteiger partial charge in [-0.25, -0.2) is 4.79 Å². The van der Waals surface area contributed by atoms with E-state index in [1.165, 1.54) is 4.90 Å². The summed E-state index contributed by atoms with van der Waals surface area (Å²) in [7, 11) is 0. The summed E-state index contributed by atoms with van der Waals surface area (Å²) in [4.78, 5) is 44.5. The normalized spacial score (nSPS) is 25.9. The average molecular weight is 393 g/mol. The molecule has 7 heteroatoms. The van der Waals surface area contributed by atoms with Crippen molar-refractivity contribution >= 4 is 17.8 Å². The summed E-state index contributed by atoms with van der Waals surface area (Å²) < 4.78 is 0. The number of likely N-dealkylation sites (tertiary alicyclic amines) is 2. The molecular formula is C21H36N4O3. The van der Waals surface area contributed by atoms with Gasteiger partial charge >= 0.3 is 6.03 Å². The summed E-state index contributed by atoms with van der Waals surface area (Å²) in [6.45, 7) is 11.2. The topological polar surface area (TPSA) is 73.0 Å². The fourth-order valence-electron chi connectivity index (χ4n) is 5.00. The van der Waals surface area contributed by atoms with Gasteiger partial charge in [0.25, 0.3) is 5.91 Å². The largest absolute Gasteiger partial charge is 0.340 e. The molecule has 3 aliphatic rings. The van der Waals surface area contributed by atoms with Crippen LogP contribution in [-0.4, -0.2) is 76.3 Å². The zero-order chi connectivity index (χ0) is 20.5. The molecular weight excluding hydrogens is 356 g/mol. The van der Waals surface area contributed by atoms with E-state index >= 15 is 0 Å². The fraction of sp³-hybridized carbons (Fsp3) is 0.857. The number of carbonyl (C=O) groups excluding carboxylic acids is 3. The van der Waals surface area contributed by atoms with Crippen molar-refractivity contribution in [2.45, 2.75) is 83.8 Å². The first-order valence-electron chi connectivity index (χ1n) is 11.0. The van der Waals surface area contributed by atoms with Gasteiger partial charge in [-0.15, -0.1) is 0 Å². The second kappa shape index (κ2) is 8.39. The summed E-state index contributed by atoms with van der Waals surface area (Å²) in [5.41, 5.74) is -0.746. The molecule has 3 saturated heterocycles. The van der Waals surface area contributed by atoms with Gasteiger partial charge in [-0.1, -0.05) is 13.8 Å². The maximum absolute atomic E-state index is 13.3. The van der Waals surface area contributed by atoms with Crippen LogP contribution < -0.4 is 5.32 Å². The number of piperidine rings is 2. The van der Waals surface area contributed by atoms with E-state index in [-0.39, 0.29) is 29.8 Å². The zero-order valence-corrected chi connectivity index (χ0v) is 17.9. The van der Waals surface area contributed by atoms with Gasteiger partial charge in [0.2, 0.25) is 5.91 Å². The van der Waals surface area contributed by atoms with Crippen LogP contribution >= 0.6 is 0 Å². The summed E-state index contributed by atoms with van der Waals surface area (Å²) >= 11 is 0. The lowest BCUT2D eigenvalue weighted by Crippen LogP contribution is -2.57. The van der Waals surface area contributed by atoms with E-state index in [1.54, 1.807) is 0 Å². The molecule has 28 heavy (non-hydrogen) atoms. The molecule has 0 bridgehead atoms. The number of nitrogens with zero attached hydrogens (tertiary/aromatic N) is 3. The van der Waals surface area contributed by atoms with E-state index in [4.69, 9.17) is 0 Å². The Bertz CT molecular complexity index is 609. The Morgan fingerprint density at radius 1 is 1.14 bits per heavy atom. The Balaban J connectivity index is 1.69. The Morgan fingerprint density at radius 3 is 2.36 bits per heavy atom. The smallest absolute Gasteiger partial charge is 0.325 e. The predicted octanol–water partition coefficient (Wildman–Crippen LogP) is 2.21. The number of rotatable bonds is 5. The van der Waals surface area contributed by atoms with Crippen LogP contribution in [-0.2, 0) is 9.59 Å². The highest BCUT2D eigenvalue weighted by Crippen LogP contribution is 2.33. The van der Waals surface area contributed by atoms with Gasteiger partial charge in [0.15, 0.2) is 0 Å². The molecule has 0 aromatic heterocycles. The van der Waals surface area contributed by atoms with Gasteiger partial charge in [0, 0.05) is 38.1 Å². The highest BCUT2D eigenvalue weighted by atomic mass is 16.2. The monoisotopic (exact) mass is 392 g/mol. The lowest BCUT2D eigenvalue weighted by Gasteiger charge is -2.40. The van der Waals surface area contributed by atoms with Gasteiger partial charge in [0.05, 0.1) is 6.04 Å². The molecule has 0 unspecified atom stereocenters. The molecule has 0 saturated carbocycles. The van der Waals surface area contributed by atoms with Gasteiger partial charge in [-0.2, -0.15) is 0 Å². The number of amides is 4. The van der Waals surface area contributed by atoms with Crippen molar-refractivity contribution in [3.63, 3.8) is 0 Å². The number of hydrogen-bond acceptors (Lipinski definition) is 4. The minimum absolute atomic E-state index is 0.0357. The molecule has 0 aliphatic carbocycles. The zero-order valence-electron chi connectivity index (χ0n) is 17.9. The Labute approximate surface area is 168 Å². The predicted molar refractivity (Wildman–Crippen MR) is 108 cm³/mol. The third-order valence-electron chi connectivity index (χ3n) is 6.98. The lowest BCUT2D eigenvalue weighted by atomic mass is 9.86. The molecule has 158 valence electrons. The summed E-state index contributed by atoms with van der Waals surface area (Å²) in [5.74, 6) is 0.123. The third kappa shape index (κ3) is 3.78. The van der Waals surface area contributed by atoms with E-state index in [2.05, 4.69) is 24.1 Å². The molecule has 3 fully saturated rings. The van der Waals surface area contributed by atoms with E-state index in [0.717, 1.165) is 45.3 Å². The van der Waals surface area contributed by atoms with Crippen molar-refractivity contribution in [1.82, 2.24) is 20.0 Å².